The molecule has 1 unspecified atom stereocenters. The standard InChI is InChI=1S/C17H17N3O3/c21-17(22)16-6-13-2-1-12(5-15(13)19-16)14-7-18-20(9-14)8-11-3-4-23-10-11/h1-2,5-7,9,11,19H,3-4,8,10H2,(H,21,22). The molecule has 1 aliphatic rings. The van der Waals surface area contributed by atoms with Crippen molar-refractivity contribution in [3.63, 3.8) is 0 Å². The van der Waals surface area contributed by atoms with Gasteiger partial charge in [-0.3, -0.25) is 4.68 Å². The van der Waals surface area contributed by atoms with Crippen LogP contribution in [0.5, 0.6) is 0 Å². The fourth-order valence-electron chi connectivity index (χ4n) is 3.03. The lowest BCUT2D eigenvalue weighted by atomic mass is 10.1. The third-order valence-corrected chi connectivity index (χ3v) is 4.29. The molecule has 0 bridgehead atoms. The molecule has 118 valence electrons. The molecule has 1 aromatic carbocycles. The molecule has 4 rings (SSSR count). The fraction of sp³-hybridized carbons (Fsp3) is 0.294. The number of H-pyrrole nitrogens is 1. The number of aromatic carboxylic acids is 1. The van der Waals surface area contributed by atoms with E-state index in [0.717, 1.165) is 48.2 Å². The Morgan fingerprint density at radius 3 is 3.09 bits per heavy atom. The van der Waals surface area contributed by atoms with Gasteiger partial charge in [-0.1, -0.05) is 12.1 Å². The molecule has 2 aromatic heterocycles. The van der Waals surface area contributed by atoms with Gasteiger partial charge in [0, 0.05) is 41.7 Å². The van der Waals surface area contributed by atoms with Crippen molar-refractivity contribution in [2.75, 3.05) is 13.2 Å². The summed E-state index contributed by atoms with van der Waals surface area (Å²) in [5.74, 6) is -0.416. The molecule has 6 nitrogen and oxygen atoms in total. The predicted molar refractivity (Wildman–Crippen MR) is 85.4 cm³/mol. The van der Waals surface area contributed by atoms with Crippen molar-refractivity contribution in [2.24, 2.45) is 5.92 Å². The largest absolute Gasteiger partial charge is 0.477 e. The van der Waals surface area contributed by atoms with E-state index in [-0.39, 0.29) is 5.69 Å². The zero-order valence-corrected chi connectivity index (χ0v) is 12.5. The molecular weight excluding hydrogens is 294 g/mol. The highest BCUT2D eigenvalue weighted by Gasteiger charge is 2.16. The van der Waals surface area contributed by atoms with E-state index >= 15 is 0 Å². The third kappa shape index (κ3) is 2.73. The van der Waals surface area contributed by atoms with Crippen LogP contribution in [0, 0.1) is 5.92 Å². The van der Waals surface area contributed by atoms with Crippen molar-refractivity contribution in [3.05, 3.63) is 42.4 Å². The van der Waals surface area contributed by atoms with Gasteiger partial charge < -0.3 is 14.8 Å². The van der Waals surface area contributed by atoms with Gasteiger partial charge in [0.25, 0.3) is 0 Å². The topological polar surface area (TPSA) is 80.1 Å². The first kappa shape index (κ1) is 14.0. The van der Waals surface area contributed by atoms with E-state index in [2.05, 4.69) is 10.1 Å². The molecule has 0 aliphatic carbocycles. The number of nitrogens with one attached hydrogen (secondary N) is 1. The van der Waals surface area contributed by atoms with Gasteiger partial charge in [0.1, 0.15) is 5.69 Å². The number of carboxylic acids is 1. The van der Waals surface area contributed by atoms with Crippen LogP contribution in [0.3, 0.4) is 0 Å². The highest BCUT2D eigenvalue weighted by molar-refractivity contribution is 5.95. The van der Waals surface area contributed by atoms with Crippen molar-refractivity contribution < 1.29 is 14.6 Å². The molecule has 23 heavy (non-hydrogen) atoms. The first-order valence-electron chi connectivity index (χ1n) is 7.66. The molecule has 1 aliphatic heterocycles. The summed E-state index contributed by atoms with van der Waals surface area (Å²) in [6.45, 7) is 2.52. The lowest BCUT2D eigenvalue weighted by Gasteiger charge is -2.06. The summed E-state index contributed by atoms with van der Waals surface area (Å²) < 4.78 is 7.35. The Bertz CT molecular complexity index is 859. The second kappa shape index (κ2) is 5.55. The van der Waals surface area contributed by atoms with Crippen LogP contribution < -0.4 is 0 Å². The Labute approximate surface area is 132 Å². The maximum atomic E-state index is 11.0. The molecule has 1 fully saturated rings. The molecule has 0 radical (unpaired) electrons. The van der Waals surface area contributed by atoms with Crippen LogP contribution in [0.15, 0.2) is 36.7 Å². The maximum absolute atomic E-state index is 11.0. The van der Waals surface area contributed by atoms with Gasteiger partial charge in [0.2, 0.25) is 0 Å². The third-order valence-electron chi connectivity index (χ3n) is 4.29. The van der Waals surface area contributed by atoms with Crippen molar-refractivity contribution in [2.45, 2.75) is 13.0 Å². The Hall–Kier alpha value is -2.60. The fourth-order valence-corrected chi connectivity index (χ4v) is 3.03. The average molecular weight is 311 g/mol. The minimum absolute atomic E-state index is 0.203. The number of hydrogen-bond donors (Lipinski definition) is 2. The monoisotopic (exact) mass is 311 g/mol. The quantitative estimate of drug-likeness (QED) is 0.776. The minimum atomic E-state index is -0.950. The summed E-state index contributed by atoms with van der Waals surface area (Å²) in [6.07, 6.45) is 4.96. The molecule has 2 N–H and O–H groups in total. The van der Waals surface area contributed by atoms with E-state index in [4.69, 9.17) is 9.84 Å². The number of fused-ring (bicyclic) bond motifs is 1. The van der Waals surface area contributed by atoms with Crippen LogP contribution in [0.4, 0.5) is 0 Å². The molecule has 1 atom stereocenters. The number of benzene rings is 1. The van der Waals surface area contributed by atoms with Gasteiger partial charge in [-0.15, -0.1) is 0 Å². The van der Waals surface area contributed by atoms with E-state index in [1.54, 1.807) is 6.07 Å². The van der Waals surface area contributed by atoms with Crippen LogP contribution in [0.1, 0.15) is 16.9 Å². The Morgan fingerprint density at radius 2 is 2.30 bits per heavy atom. The number of hydrogen-bond acceptors (Lipinski definition) is 3. The van der Waals surface area contributed by atoms with E-state index in [1.165, 1.54) is 0 Å². The van der Waals surface area contributed by atoms with E-state index in [0.29, 0.717) is 5.92 Å². The van der Waals surface area contributed by atoms with Gasteiger partial charge in [-0.2, -0.15) is 5.10 Å². The molecule has 6 heteroatoms. The number of carboxylic acid groups (broad SMARTS) is 1. The van der Waals surface area contributed by atoms with Crippen molar-refractivity contribution in [1.29, 1.82) is 0 Å². The summed E-state index contributed by atoms with van der Waals surface area (Å²) in [4.78, 5) is 14.0. The maximum Gasteiger partial charge on any atom is 0.352 e. The number of aromatic amines is 1. The number of ether oxygens (including phenoxy) is 1. The Balaban J connectivity index is 1.60. The van der Waals surface area contributed by atoms with Gasteiger partial charge in [-0.05, 0) is 24.1 Å². The summed E-state index contributed by atoms with van der Waals surface area (Å²) in [7, 11) is 0. The zero-order chi connectivity index (χ0) is 15.8. The number of rotatable bonds is 4. The first-order chi connectivity index (χ1) is 11.2. The molecule has 0 saturated carbocycles. The summed E-state index contributed by atoms with van der Waals surface area (Å²) in [5, 5.41) is 14.4. The molecule has 0 spiro atoms. The van der Waals surface area contributed by atoms with Crippen LogP contribution in [-0.2, 0) is 11.3 Å². The zero-order valence-electron chi connectivity index (χ0n) is 12.5. The highest BCUT2D eigenvalue weighted by atomic mass is 16.5. The van der Waals surface area contributed by atoms with Gasteiger partial charge in [-0.25, -0.2) is 4.79 Å². The molecule has 0 amide bonds. The Kier molecular flexibility index (Phi) is 3.38. The lowest BCUT2D eigenvalue weighted by molar-refractivity contribution is 0.0691. The van der Waals surface area contributed by atoms with Gasteiger partial charge in [0.15, 0.2) is 0 Å². The number of nitrogens with zero attached hydrogens (tertiary/aromatic N) is 2. The van der Waals surface area contributed by atoms with E-state index < -0.39 is 5.97 Å². The van der Waals surface area contributed by atoms with Crippen molar-refractivity contribution in [3.8, 4) is 11.1 Å². The van der Waals surface area contributed by atoms with Gasteiger partial charge in [0.05, 0.1) is 12.8 Å². The lowest BCUT2D eigenvalue weighted by Crippen LogP contribution is -2.10. The second-order valence-corrected chi connectivity index (χ2v) is 5.97. The van der Waals surface area contributed by atoms with Crippen LogP contribution in [0.2, 0.25) is 0 Å². The highest BCUT2D eigenvalue weighted by Crippen LogP contribution is 2.25. The summed E-state index contributed by atoms with van der Waals surface area (Å²) >= 11 is 0. The first-order valence-corrected chi connectivity index (χ1v) is 7.66. The molecular formula is C17H17N3O3. The van der Waals surface area contributed by atoms with Crippen LogP contribution >= 0.6 is 0 Å². The molecule has 3 heterocycles. The molecule has 1 saturated heterocycles. The summed E-state index contributed by atoms with van der Waals surface area (Å²) in [6, 6.07) is 7.52. The smallest absolute Gasteiger partial charge is 0.352 e. The van der Waals surface area contributed by atoms with Crippen molar-refractivity contribution >= 4 is 16.9 Å². The summed E-state index contributed by atoms with van der Waals surface area (Å²) in [5.41, 5.74) is 3.06. The van der Waals surface area contributed by atoms with Crippen LogP contribution in [-0.4, -0.2) is 39.1 Å². The minimum Gasteiger partial charge on any atom is -0.477 e. The van der Waals surface area contributed by atoms with E-state index in [9.17, 15) is 4.79 Å². The van der Waals surface area contributed by atoms with E-state index in [1.807, 2.05) is 35.3 Å². The normalized spacial score (nSPS) is 17.8. The van der Waals surface area contributed by atoms with Gasteiger partial charge >= 0.3 is 5.97 Å². The predicted octanol–water partition coefficient (Wildman–Crippen LogP) is 2.77. The molecule has 3 aromatic rings. The van der Waals surface area contributed by atoms with Crippen LogP contribution in [0.25, 0.3) is 22.0 Å². The average Bonchev–Trinajstić information content (AvgIpc) is 3.26. The van der Waals surface area contributed by atoms with Crippen molar-refractivity contribution in [1.82, 2.24) is 14.8 Å². The SMILES string of the molecule is O=C(O)c1cc2ccc(-c3cnn(CC4CCOC4)c3)cc2[nH]1. The second-order valence-electron chi connectivity index (χ2n) is 5.97. The Morgan fingerprint density at radius 1 is 1.39 bits per heavy atom. The number of aromatic nitrogens is 3. The number of carbonyl (C=O) groups is 1.